The number of hydrogen-bond acceptors (Lipinski definition) is 1. The summed E-state index contributed by atoms with van der Waals surface area (Å²) in [4.78, 5) is 0. The first-order valence-corrected chi connectivity index (χ1v) is 5.75. The van der Waals surface area contributed by atoms with E-state index >= 15 is 0 Å². The van der Waals surface area contributed by atoms with Crippen molar-refractivity contribution in [3.8, 4) is 0 Å². The van der Waals surface area contributed by atoms with Crippen LogP contribution in [0, 0.1) is 17.3 Å². The van der Waals surface area contributed by atoms with Gasteiger partial charge in [0.15, 0.2) is 0 Å². The van der Waals surface area contributed by atoms with Crippen LogP contribution in [-0.2, 0) is 4.65 Å². The maximum atomic E-state index is 5.50. The molecule has 0 aromatic heterocycles. The molecule has 1 nitrogen and oxygen atoms in total. The average molecular weight is 192 g/mol. The van der Waals surface area contributed by atoms with Gasteiger partial charge in [-0.1, -0.05) is 26.0 Å². The molecule has 1 aliphatic heterocycles. The maximum Gasteiger partial charge on any atom is 0.293 e. The van der Waals surface area contributed by atoms with Crippen LogP contribution in [0.2, 0.25) is 12.6 Å². The molecule has 0 aromatic carbocycles. The van der Waals surface area contributed by atoms with Gasteiger partial charge in [-0.25, -0.2) is 0 Å². The van der Waals surface area contributed by atoms with E-state index in [1.165, 1.54) is 31.1 Å². The van der Waals surface area contributed by atoms with Crippen molar-refractivity contribution in [1.29, 1.82) is 0 Å². The topological polar surface area (TPSA) is 9.23 Å². The molecule has 2 aliphatic rings. The molecule has 2 heteroatoms. The van der Waals surface area contributed by atoms with Crippen LogP contribution in [0.4, 0.5) is 0 Å². The van der Waals surface area contributed by atoms with Crippen LogP contribution in [-0.4, -0.2) is 14.0 Å². The standard InChI is InChI=1S/C12H21BO/c1-9-11-5-10(6-12(9,2)3)7-13(8-11)14-4/h10-11H,1,5-8H2,2-4H3. The Kier molecular flexibility index (Phi) is 2.51. The van der Waals surface area contributed by atoms with E-state index < -0.39 is 0 Å². The summed E-state index contributed by atoms with van der Waals surface area (Å²) >= 11 is 0. The van der Waals surface area contributed by atoms with Gasteiger partial charge in [0, 0.05) is 7.11 Å². The van der Waals surface area contributed by atoms with Crippen LogP contribution in [0.3, 0.4) is 0 Å². The second-order valence-electron chi connectivity index (χ2n) is 5.74. The molecule has 2 rings (SSSR count). The largest absolute Gasteiger partial charge is 0.438 e. The quantitative estimate of drug-likeness (QED) is 0.457. The summed E-state index contributed by atoms with van der Waals surface area (Å²) in [7, 11) is 1.85. The van der Waals surface area contributed by atoms with Gasteiger partial charge in [-0.15, -0.1) is 0 Å². The van der Waals surface area contributed by atoms with E-state index in [4.69, 9.17) is 4.65 Å². The van der Waals surface area contributed by atoms with E-state index in [0.29, 0.717) is 12.3 Å². The van der Waals surface area contributed by atoms with E-state index in [1.54, 1.807) is 0 Å². The van der Waals surface area contributed by atoms with Crippen LogP contribution in [0.15, 0.2) is 12.2 Å². The van der Waals surface area contributed by atoms with Gasteiger partial charge < -0.3 is 4.65 Å². The second kappa shape index (κ2) is 3.41. The predicted octanol–water partition coefficient (Wildman–Crippen LogP) is 3.25. The third-order valence-corrected chi connectivity index (χ3v) is 4.26. The Labute approximate surface area is 88.0 Å². The number of hydrogen-bond donors (Lipinski definition) is 0. The van der Waals surface area contributed by atoms with Gasteiger partial charge in [0.25, 0.3) is 6.92 Å². The summed E-state index contributed by atoms with van der Waals surface area (Å²) in [6.45, 7) is 9.49. The second-order valence-corrected chi connectivity index (χ2v) is 5.74. The Morgan fingerprint density at radius 2 is 2.14 bits per heavy atom. The molecule has 0 spiro atoms. The lowest BCUT2D eigenvalue weighted by molar-refractivity contribution is 0.201. The van der Waals surface area contributed by atoms with Crippen LogP contribution in [0.25, 0.3) is 0 Å². The lowest BCUT2D eigenvalue weighted by atomic mass is 9.43. The van der Waals surface area contributed by atoms with Crippen LogP contribution < -0.4 is 0 Å². The molecular weight excluding hydrogens is 171 g/mol. The third kappa shape index (κ3) is 1.65. The lowest BCUT2D eigenvalue weighted by Gasteiger charge is -2.47. The molecule has 0 amide bonds. The zero-order valence-corrected chi connectivity index (χ0v) is 9.68. The van der Waals surface area contributed by atoms with Gasteiger partial charge in [-0.2, -0.15) is 0 Å². The zero-order chi connectivity index (χ0) is 10.3. The Balaban J connectivity index is 2.14. The summed E-state index contributed by atoms with van der Waals surface area (Å²) in [6.07, 6.45) is 5.14. The molecule has 2 unspecified atom stereocenters. The number of rotatable bonds is 1. The summed E-state index contributed by atoms with van der Waals surface area (Å²) in [6, 6.07) is 0. The molecule has 1 saturated heterocycles. The van der Waals surface area contributed by atoms with Crippen molar-refractivity contribution in [2.24, 2.45) is 17.3 Å². The summed E-state index contributed by atoms with van der Waals surface area (Å²) in [5.74, 6) is 1.60. The molecule has 1 aliphatic carbocycles. The third-order valence-electron chi connectivity index (χ3n) is 4.26. The van der Waals surface area contributed by atoms with Crippen molar-refractivity contribution in [2.75, 3.05) is 7.11 Å². The SMILES string of the molecule is C=C1C2CB(OC)CC(C2)CC1(C)C. The lowest BCUT2D eigenvalue weighted by Crippen LogP contribution is -2.40. The molecule has 0 radical (unpaired) electrons. The monoisotopic (exact) mass is 192 g/mol. The van der Waals surface area contributed by atoms with Gasteiger partial charge in [-0.3, -0.25) is 0 Å². The Hall–Kier alpha value is -0.235. The number of allylic oxidation sites excluding steroid dienone is 1. The average Bonchev–Trinajstić information content (AvgIpc) is 2.13. The minimum atomic E-state index is 0.367. The fourth-order valence-electron chi connectivity index (χ4n) is 3.43. The Bertz CT molecular complexity index is 247. The van der Waals surface area contributed by atoms with Crippen molar-refractivity contribution in [2.45, 2.75) is 39.3 Å². The van der Waals surface area contributed by atoms with E-state index in [0.717, 1.165) is 11.8 Å². The Morgan fingerprint density at radius 3 is 2.79 bits per heavy atom. The van der Waals surface area contributed by atoms with Crippen molar-refractivity contribution >= 4 is 6.92 Å². The smallest absolute Gasteiger partial charge is 0.293 e. The molecule has 14 heavy (non-hydrogen) atoms. The van der Waals surface area contributed by atoms with Crippen LogP contribution in [0.5, 0.6) is 0 Å². The first-order chi connectivity index (χ1) is 6.53. The van der Waals surface area contributed by atoms with Crippen molar-refractivity contribution in [1.82, 2.24) is 0 Å². The van der Waals surface area contributed by atoms with Gasteiger partial charge >= 0.3 is 0 Å². The van der Waals surface area contributed by atoms with Crippen molar-refractivity contribution < 1.29 is 4.65 Å². The summed E-state index contributed by atoms with van der Waals surface area (Å²) < 4.78 is 5.50. The van der Waals surface area contributed by atoms with Crippen molar-refractivity contribution in [3.63, 3.8) is 0 Å². The van der Waals surface area contributed by atoms with Crippen LogP contribution in [0.1, 0.15) is 26.7 Å². The highest BCUT2D eigenvalue weighted by Gasteiger charge is 2.43. The molecular formula is C12H21BO. The predicted molar refractivity (Wildman–Crippen MR) is 61.5 cm³/mol. The highest BCUT2D eigenvalue weighted by molar-refractivity contribution is 6.52. The summed E-state index contributed by atoms with van der Waals surface area (Å²) in [5.41, 5.74) is 1.84. The fourth-order valence-corrected chi connectivity index (χ4v) is 3.43. The van der Waals surface area contributed by atoms with E-state index in [-0.39, 0.29) is 0 Å². The van der Waals surface area contributed by atoms with Gasteiger partial charge in [0.1, 0.15) is 0 Å². The Morgan fingerprint density at radius 1 is 1.43 bits per heavy atom. The fraction of sp³-hybridized carbons (Fsp3) is 0.833. The van der Waals surface area contributed by atoms with E-state index in [2.05, 4.69) is 20.4 Å². The minimum Gasteiger partial charge on any atom is -0.438 e. The first-order valence-electron chi connectivity index (χ1n) is 5.75. The van der Waals surface area contributed by atoms with E-state index in [1.807, 2.05) is 7.11 Å². The van der Waals surface area contributed by atoms with E-state index in [9.17, 15) is 0 Å². The highest BCUT2D eigenvalue weighted by Crippen LogP contribution is 2.51. The zero-order valence-electron chi connectivity index (χ0n) is 9.68. The normalized spacial score (nSPS) is 35.9. The number of fused-ring (bicyclic) bond motifs is 2. The minimum absolute atomic E-state index is 0.367. The molecule has 0 N–H and O–H groups in total. The molecule has 78 valence electrons. The summed E-state index contributed by atoms with van der Waals surface area (Å²) in [5, 5.41) is 0. The van der Waals surface area contributed by atoms with Crippen molar-refractivity contribution in [3.05, 3.63) is 12.2 Å². The molecule has 2 fully saturated rings. The molecule has 1 saturated carbocycles. The highest BCUT2D eigenvalue weighted by atomic mass is 16.4. The van der Waals surface area contributed by atoms with Gasteiger partial charge in [0.2, 0.25) is 0 Å². The molecule has 0 aromatic rings. The van der Waals surface area contributed by atoms with Gasteiger partial charge in [0.05, 0.1) is 0 Å². The first kappa shape index (κ1) is 10.3. The molecule has 1 heterocycles. The molecule has 2 bridgehead atoms. The van der Waals surface area contributed by atoms with Gasteiger partial charge in [-0.05, 0) is 42.7 Å². The maximum absolute atomic E-state index is 5.50. The van der Waals surface area contributed by atoms with Crippen LogP contribution >= 0.6 is 0 Å². The molecule has 2 atom stereocenters.